The maximum atomic E-state index is 13.3. The molecule has 7 heteroatoms. The van der Waals surface area contributed by atoms with Crippen LogP contribution in [0, 0.1) is 6.92 Å². The van der Waals surface area contributed by atoms with Gasteiger partial charge >= 0.3 is 0 Å². The summed E-state index contributed by atoms with van der Waals surface area (Å²) in [7, 11) is 0. The van der Waals surface area contributed by atoms with Gasteiger partial charge in [0.25, 0.3) is 5.91 Å². The van der Waals surface area contributed by atoms with Crippen molar-refractivity contribution in [1.29, 1.82) is 0 Å². The van der Waals surface area contributed by atoms with Crippen molar-refractivity contribution in [2.24, 2.45) is 0 Å². The highest BCUT2D eigenvalue weighted by Crippen LogP contribution is 2.29. The van der Waals surface area contributed by atoms with E-state index in [0.29, 0.717) is 28.2 Å². The van der Waals surface area contributed by atoms with Gasteiger partial charge in [-0.3, -0.25) is 9.69 Å². The van der Waals surface area contributed by atoms with Crippen LogP contribution in [-0.4, -0.2) is 44.8 Å². The van der Waals surface area contributed by atoms with Gasteiger partial charge in [0, 0.05) is 43.5 Å². The van der Waals surface area contributed by atoms with Crippen LogP contribution in [0.5, 0.6) is 0 Å². The predicted octanol–water partition coefficient (Wildman–Crippen LogP) is 5.50. The van der Waals surface area contributed by atoms with E-state index in [0.717, 1.165) is 62.3 Å². The lowest BCUT2D eigenvalue weighted by atomic mass is 10.0. The molecule has 3 aromatic rings. The number of fused-ring (bicyclic) bond motifs is 1. The molecule has 2 aliphatic rings. The largest absolute Gasteiger partial charge is 0.337 e. The number of hydrogen-bond acceptors (Lipinski definition) is 4. The summed E-state index contributed by atoms with van der Waals surface area (Å²) in [6.07, 6.45) is 4.98. The molecule has 34 heavy (non-hydrogen) atoms. The second-order valence-electron chi connectivity index (χ2n) is 9.24. The number of piperidine rings is 1. The first kappa shape index (κ1) is 23.3. The lowest BCUT2D eigenvalue weighted by Crippen LogP contribution is -2.45. The molecule has 1 saturated heterocycles. The number of aromatic nitrogens is 2. The number of nitrogens with zero attached hydrogens (tertiary/aromatic N) is 4. The van der Waals surface area contributed by atoms with Gasteiger partial charge in [0.1, 0.15) is 12.0 Å². The molecule has 0 spiro atoms. The summed E-state index contributed by atoms with van der Waals surface area (Å²) >= 11 is 12.2. The average Bonchev–Trinajstić information content (AvgIpc) is 3.29. The lowest BCUT2D eigenvalue weighted by molar-refractivity contribution is 0.0607. The fraction of sp³-hybridized carbons (Fsp3) is 0.370. The minimum Gasteiger partial charge on any atom is -0.337 e. The van der Waals surface area contributed by atoms with Crippen LogP contribution in [0.4, 0.5) is 0 Å². The molecular formula is C27H28Cl2N4O. The molecule has 1 fully saturated rings. The Bertz CT molecular complexity index is 1180. The Morgan fingerprint density at radius 1 is 0.971 bits per heavy atom. The summed E-state index contributed by atoms with van der Waals surface area (Å²) in [4.78, 5) is 26.7. The minimum absolute atomic E-state index is 0.0128. The molecule has 0 radical (unpaired) electrons. The van der Waals surface area contributed by atoms with Crippen molar-refractivity contribution in [1.82, 2.24) is 19.8 Å². The highest BCUT2D eigenvalue weighted by atomic mass is 35.5. The molecule has 0 bridgehead atoms. The van der Waals surface area contributed by atoms with Gasteiger partial charge in [-0.05, 0) is 61.4 Å². The quantitative estimate of drug-likeness (QED) is 0.469. The molecule has 0 saturated carbocycles. The summed E-state index contributed by atoms with van der Waals surface area (Å²) in [5, 5.41) is 1.10. The molecule has 0 atom stereocenters. The molecule has 3 heterocycles. The lowest BCUT2D eigenvalue weighted by Gasteiger charge is -2.36. The van der Waals surface area contributed by atoms with Crippen LogP contribution in [0.3, 0.4) is 0 Å². The summed E-state index contributed by atoms with van der Waals surface area (Å²) < 4.78 is 0. The van der Waals surface area contributed by atoms with E-state index in [1.165, 1.54) is 17.5 Å². The number of amides is 1. The molecule has 176 valence electrons. The molecule has 5 rings (SSSR count). The van der Waals surface area contributed by atoms with Crippen LogP contribution in [-0.2, 0) is 25.9 Å². The molecule has 2 aliphatic heterocycles. The van der Waals surface area contributed by atoms with Crippen LogP contribution in [0.15, 0.2) is 48.8 Å². The molecule has 1 amide bonds. The average molecular weight is 495 g/mol. The molecular weight excluding hydrogens is 467 g/mol. The number of hydrogen-bond donors (Lipinski definition) is 0. The number of halogens is 2. The Hall–Kier alpha value is -2.47. The number of rotatable bonds is 5. The van der Waals surface area contributed by atoms with E-state index in [-0.39, 0.29) is 5.91 Å². The third kappa shape index (κ3) is 4.83. The standard InChI is InChI=1S/C27H28Cl2N4O/c1-18-25(9-7-19-6-8-23(28)24(29)14-19)30-17-31-26(18)27(34)32-12-10-22(11-13-32)33-15-20-4-2-3-5-21(20)16-33/h2-6,8,14,17,22H,7,9-13,15-16H2,1H3. The van der Waals surface area contributed by atoms with Crippen molar-refractivity contribution in [3.63, 3.8) is 0 Å². The first-order chi connectivity index (χ1) is 16.5. The number of aryl methyl sites for hydroxylation is 2. The summed E-state index contributed by atoms with van der Waals surface area (Å²) in [6.45, 7) is 5.51. The van der Waals surface area contributed by atoms with Crippen LogP contribution >= 0.6 is 23.2 Å². The van der Waals surface area contributed by atoms with Gasteiger partial charge in [-0.15, -0.1) is 0 Å². The minimum atomic E-state index is 0.0128. The van der Waals surface area contributed by atoms with Gasteiger partial charge in [-0.1, -0.05) is 53.5 Å². The van der Waals surface area contributed by atoms with Gasteiger partial charge in [-0.25, -0.2) is 9.97 Å². The maximum absolute atomic E-state index is 13.3. The third-order valence-corrected chi connectivity index (χ3v) is 7.90. The highest BCUT2D eigenvalue weighted by molar-refractivity contribution is 6.42. The smallest absolute Gasteiger partial charge is 0.272 e. The Morgan fingerprint density at radius 2 is 1.68 bits per heavy atom. The van der Waals surface area contributed by atoms with Crippen LogP contribution in [0.25, 0.3) is 0 Å². The number of likely N-dealkylation sites (tertiary alicyclic amines) is 1. The first-order valence-electron chi connectivity index (χ1n) is 11.8. The maximum Gasteiger partial charge on any atom is 0.272 e. The molecule has 0 aliphatic carbocycles. The summed E-state index contributed by atoms with van der Waals surface area (Å²) in [5.74, 6) is 0.0128. The normalized spacial score (nSPS) is 16.6. The van der Waals surface area contributed by atoms with Crippen LogP contribution < -0.4 is 0 Å². The number of carbonyl (C=O) groups is 1. The van der Waals surface area contributed by atoms with Gasteiger partial charge < -0.3 is 4.90 Å². The van der Waals surface area contributed by atoms with Crippen molar-refractivity contribution in [2.45, 2.75) is 51.7 Å². The van der Waals surface area contributed by atoms with Gasteiger partial charge in [0.15, 0.2) is 0 Å². The Kier molecular flexibility index (Phi) is 6.87. The van der Waals surface area contributed by atoms with Gasteiger partial charge in [0.2, 0.25) is 0 Å². The zero-order valence-corrected chi connectivity index (χ0v) is 20.8. The van der Waals surface area contributed by atoms with Gasteiger partial charge in [-0.2, -0.15) is 0 Å². The van der Waals surface area contributed by atoms with Crippen molar-refractivity contribution in [3.8, 4) is 0 Å². The fourth-order valence-corrected chi connectivity index (χ4v) is 5.43. The molecule has 5 nitrogen and oxygen atoms in total. The van der Waals surface area contributed by atoms with E-state index in [4.69, 9.17) is 23.2 Å². The van der Waals surface area contributed by atoms with Gasteiger partial charge in [0.05, 0.1) is 10.0 Å². The molecule has 0 N–H and O–H groups in total. The Labute approximate surface area is 210 Å². The van der Waals surface area contributed by atoms with Crippen molar-refractivity contribution >= 4 is 29.1 Å². The fourth-order valence-electron chi connectivity index (χ4n) is 5.11. The van der Waals surface area contributed by atoms with Crippen LogP contribution in [0.2, 0.25) is 10.0 Å². The highest BCUT2D eigenvalue weighted by Gasteiger charge is 2.31. The van der Waals surface area contributed by atoms with E-state index in [9.17, 15) is 4.79 Å². The SMILES string of the molecule is Cc1c(CCc2ccc(Cl)c(Cl)c2)ncnc1C(=O)N1CCC(N2Cc3ccccc3C2)CC1. The molecule has 2 aromatic carbocycles. The molecule has 0 unspecified atom stereocenters. The van der Waals surface area contributed by atoms with E-state index >= 15 is 0 Å². The zero-order chi connectivity index (χ0) is 23.7. The number of carbonyl (C=O) groups excluding carboxylic acids is 1. The third-order valence-electron chi connectivity index (χ3n) is 7.16. The monoisotopic (exact) mass is 494 g/mol. The first-order valence-corrected chi connectivity index (χ1v) is 12.6. The zero-order valence-electron chi connectivity index (χ0n) is 19.3. The summed E-state index contributed by atoms with van der Waals surface area (Å²) in [5.41, 5.74) is 6.24. The topological polar surface area (TPSA) is 49.3 Å². The predicted molar refractivity (Wildman–Crippen MR) is 135 cm³/mol. The number of benzene rings is 2. The van der Waals surface area contributed by atoms with E-state index in [1.54, 1.807) is 0 Å². The van der Waals surface area contributed by atoms with E-state index in [1.807, 2.05) is 30.0 Å². The van der Waals surface area contributed by atoms with E-state index < -0.39 is 0 Å². The van der Waals surface area contributed by atoms with E-state index in [2.05, 4.69) is 39.1 Å². The Balaban J connectivity index is 1.20. The second kappa shape index (κ2) is 10.0. The van der Waals surface area contributed by atoms with Crippen molar-refractivity contribution in [3.05, 3.63) is 92.5 Å². The second-order valence-corrected chi connectivity index (χ2v) is 10.1. The van der Waals surface area contributed by atoms with Crippen molar-refractivity contribution in [2.75, 3.05) is 13.1 Å². The summed E-state index contributed by atoms with van der Waals surface area (Å²) in [6, 6.07) is 14.9. The van der Waals surface area contributed by atoms with Crippen LogP contribution in [0.1, 0.15) is 51.3 Å². The Morgan fingerprint density at radius 3 is 2.35 bits per heavy atom. The van der Waals surface area contributed by atoms with Crippen molar-refractivity contribution < 1.29 is 4.79 Å². The molecule has 1 aromatic heterocycles.